The van der Waals surface area contributed by atoms with Gasteiger partial charge in [0, 0.05) is 29.7 Å². The maximum absolute atomic E-state index is 11.8. The Bertz CT molecular complexity index is 553. The molecule has 0 aliphatic heterocycles. The van der Waals surface area contributed by atoms with Crippen LogP contribution in [0.2, 0.25) is 0 Å². The molecule has 1 atom stereocenters. The lowest BCUT2D eigenvalue weighted by atomic mass is 10.2. The summed E-state index contributed by atoms with van der Waals surface area (Å²) in [5.74, 6) is 0.0361. The van der Waals surface area contributed by atoms with Gasteiger partial charge in [-0.25, -0.2) is 4.98 Å². The molecule has 0 aromatic carbocycles. The van der Waals surface area contributed by atoms with Gasteiger partial charge >= 0.3 is 0 Å². The van der Waals surface area contributed by atoms with Crippen LogP contribution in [-0.2, 0) is 17.6 Å². The normalized spacial score (nSPS) is 12.1. The van der Waals surface area contributed by atoms with E-state index in [0.29, 0.717) is 6.42 Å². The van der Waals surface area contributed by atoms with Gasteiger partial charge in [-0.2, -0.15) is 0 Å². The fraction of sp³-hybridized carbons (Fsp3) is 0.400. The number of nitrogens with zero attached hydrogens (tertiary/aromatic N) is 2. The smallest absolute Gasteiger partial charge is 0.226 e. The van der Waals surface area contributed by atoms with E-state index >= 15 is 0 Å². The Labute approximate surface area is 123 Å². The first-order chi connectivity index (χ1) is 9.67. The number of thiazole rings is 1. The lowest BCUT2D eigenvalue weighted by molar-refractivity contribution is -0.121. The fourth-order valence-corrected chi connectivity index (χ4v) is 2.57. The maximum Gasteiger partial charge on any atom is 0.226 e. The minimum atomic E-state index is 0.0361. The molecule has 0 fully saturated rings. The first-order valence-electron chi connectivity index (χ1n) is 6.80. The van der Waals surface area contributed by atoms with Gasteiger partial charge in [0.05, 0.1) is 17.1 Å². The number of aromatic nitrogens is 2. The lowest BCUT2D eigenvalue weighted by Crippen LogP contribution is -2.33. The van der Waals surface area contributed by atoms with E-state index in [1.165, 1.54) is 0 Å². The molecule has 0 saturated carbocycles. The third kappa shape index (κ3) is 4.42. The van der Waals surface area contributed by atoms with Crippen molar-refractivity contribution in [3.05, 3.63) is 46.2 Å². The summed E-state index contributed by atoms with van der Waals surface area (Å²) in [6.07, 6.45) is 3.79. The average molecular weight is 289 g/mol. The maximum atomic E-state index is 11.8. The molecule has 1 N–H and O–H groups in total. The molecule has 4 nitrogen and oxygen atoms in total. The summed E-state index contributed by atoms with van der Waals surface area (Å²) in [4.78, 5) is 20.6. The zero-order valence-electron chi connectivity index (χ0n) is 11.8. The predicted molar refractivity (Wildman–Crippen MR) is 80.8 cm³/mol. The molecule has 2 aromatic rings. The van der Waals surface area contributed by atoms with Crippen molar-refractivity contribution in [3.63, 3.8) is 0 Å². The molecule has 0 unspecified atom stereocenters. The third-order valence-electron chi connectivity index (χ3n) is 3.02. The van der Waals surface area contributed by atoms with Gasteiger partial charge in [0.2, 0.25) is 5.91 Å². The summed E-state index contributed by atoms with van der Waals surface area (Å²) in [6, 6.07) is 6.07. The van der Waals surface area contributed by atoms with Crippen LogP contribution in [0.3, 0.4) is 0 Å². The molecule has 1 amide bonds. The molecule has 2 rings (SSSR count). The molecule has 106 valence electrons. The van der Waals surface area contributed by atoms with Crippen molar-refractivity contribution < 1.29 is 4.79 Å². The zero-order valence-corrected chi connectivity index (χ0v) is 12.6. The van der Waals surface area contributed by atoms with Crippen molar-refractivity contribution in [2.75, 3.05) is 0 Å². The average Bonchev–Trinajstić information content (AvgIpc) is 2.86. The summed E-state index contributed by atoms with van der Waals surface area (Å²) in [5.41, 5.74) is 1.83. The molecular weight excluding hydrogens is 270 g/mol. The van der Waals surface area contributed by atoms with Crippen LogP contribution in [-0.4, -0.2) is 21.9 Å². The monoisotopic (exact) mass is 289 g/mol. The van der Waals surface area contributed by atoms with Gasteiger partial charge in [-0.3, -0.25) is 9.78 Å². The van der Waals surface area contributed by atoms with Crippen LogP contribution in [0.25, 0.3) is 0 Å². The lowest BCUT2D eigenvalue weighted by Gasteiger charge is -2.10. The summed E-state index contributed by atoms with van der Waals surface area (Å²) < 4.78 is 0. The molecular formula is C15H19N3OS. The van der Waals surface area contributed by atoms with Gasteiger partial charge in [-0.05, 0) is 25.5 Å². The van der Waals surface area contributed by atoms with Crippen molar-refractivity contribution in [1.82, 2.24) is 15.3 Å². The van der Waals surface area contributed by atoms with Crippen LogP contribution in [0.5, 0.6) is 0 Å². The highest BCUT2D eigenvalue weighted by molar-refractivity contribution is 7.09. The van der Waals surface area contributed by atoms with E-state index in [1.54, 1.807) is 17.5 Å². The number of amides is 1. The zero-order chi connectivity index (χ0) is 14.4. The number of carbonyl (C=O) groups is 1. The second-order valence-corrected chi connectivity index (χ2v) is 5.73. The van der Waals surface area contributed by atoms with Crippen molar-refractivity contribution in [2.45, 2.75) is 39.2 Å². The first kappa shape index (κ1) is 14.7. The Morgan fingerprint density at radius 2 is 2.25 bits per heavy atom. The van der Waals surface area contributed by atoms with E-state index in [1.807, 2.05) is 30.5 Å². The number of nitrogens with one attached hydrogen (secondary N) is 1. The molecule has 2 heterocycles. The number of rotatable bonds is 6. The molecule has 2 aromatic heterocycles. The predicted octanol–water partition coefficient (Wildman–Crippen LogP) is 2.59. The number of pyridine rings is 1. The van der Waals surface area contributed by atoms with Gasteiger partial charge in [-0.15, -0.1) is 11.3 Å². The van der Waals surface area contributed by atoms with Crippen LogP contribution >= 0.6 is 11.3 Å². The molecule has 0 spiro atoms. The van der Waals surface area contributed by atoms with Crippen LogP contribution < -0.4 is 5.32 Å². The molecule has 0 saturated heterocycles. The van der Waals surface area contributed by atoms with Gasteiger partial charge < -0.3 is 5.32 Å². The number of hydrogen-bond acceptors (Lipinski definition) is 4. The van der Waals surface area contributed by atoms with Crippen LogP contribution in [0, 0.1) is 0 Å². The van der Waals surface area contributed by atoms with Crippen molar-refractivity contribution in [3.8, 4) is 0 Å². The highest BCUT2D eigenvalue weighted by Crippen LogP contribution is 2.14. The summed E-state index contributed by atoms with van der Waals surface area (Å²) in [7, 11) is 0. The van der Waals surface area contributed by atoms with E-state index in [0.717, 1.165) is 29.2 Å². The van der Waals surface area contributed by atoms with E-state index in [9.17, 15) is 4.79 Å². The molecule has 0 bridgehead atoms. The highest BCUT2D eigenvalue weighted by atomic mass is 32.1. The third-order valence-corrected chi connectivity index (χ3v) is 3.92. The van der Waals surface area contributed by atoms with E-state index < -0.39 is 0 Å². The molecule has 5 heteroatoms. The molecule has 0 radical (unpaired) electrons. The summed E-state index contributed by atoms with van der Waals surface area (Å²) in [5, 5.41) is 5.90. The number of hydrogen-bond donors (Lipinski definition) is 1. The van der Waals surface area contributed by atoms with Gasteiger partial charge in [-0.1, -0.05) is 13.0 Å². The van der Waals surface area contributed by atoms with E-state index in [4.69, 9.17) is 0 Å². The molecule has 0 aliphatic carbocycles. The van der Waals surface area contributed by atoms with Crippen molar-refractivity contribution in [1.29, 1.82) is 0 Å². The van der Waals surface area contributed by atoms with Gasteiger partial charge in [0.1, 0.15) is 0 Å². The molecule has 20 heavy (non-hydrogen) atoms. The van der Waals surface area contributed by atoms with Crippen molar-refractivity contribution >= 4 is 17.2 Å². The highest BCUT2D eigenvalue weighted by Gasteiger charge is 2.10. The Balaban J connectivity index is 1.91. The van der Waals surface area contributed by atoms with E-state index in [2.05, 4.69) is 22.2 Å². The topological polar surface area (TPSA) is 54.9 Å². The second-order valence-electron chi connectivity index (χ2n) is 4.78. The van der Waals surface area contributed by atoms with Gasteiger partial charge in [0.15, 0.2) is 0 Å². The summed E-state index contributed by atoms with van der Waals surface area (Å²) >= 11 is 1.58. The van der Waals surface area contributed by atoms with Crippen LogP contribution in [0.15, 0.2) is 29.8 Å². The fourth-order valence-electron chi connectivity index (χ4n) is 1.76. The Morgan fingerprint density at radius 1 is 1.40 bits per heavy atom. The molecule has 0 aliphatic rings. The van der Waals surface area contributed by atoms with Gasteiger partial charge in [0.25, 0.3) is 0 Å². The second kappa shape index (κ2) is 7.14. The quantitative estimate of drug-likeness (QED) is 0.889. The Hall–Kier alpha value is -1.75. The minimum Gasteiger partial charge on any atom is -0.353 e. The SMILES string of the molecule is CC[C@@H](C)NC(=O)Cc1csc(Cc2ccccn2)n1. The minimum absolute atomic E-state index is 0.0361. The van der Waals surface area contributed by atoms with Crippen LogP contribution in [0.4, 0.5) is 0 Å². The van der Waals surface area contributed by atoms with E-state index in [-0.39, 0.29) is 11.9 Å². The Kier molecular flexibility index (Phi) is 5.24. The summed E-state index contributed by atoms with van der Waals surface area (Å²) in [6.45, 7) is 4.06. The van der Waals surface area contributed by atoms with Crippen molar-refractivity contribution in [2.24, 2.45) is 0 Å². The number of carbonyl (C=O) groups excluding carboxylic acids is 1. The first-order valence-corrected chi connectivity index (χ1v) is 7.68. The largest absolute Gasteiger partial charge is 0.353 e. The Morgan fingerprint density at radius 3 is 2.95 bits per heavy atom. The standard InChI is InChI=1S/C15H19N3OS/c1-3-11(2)17-14(19)8-13-10-20-15(18-13)9-12-6-4-5-7-16-12/h4-7,10-11H,3,8-9H2,1-2H3,(H,17,19)/t11-/m1/s1. The van der Waals surface area contributed by atoms with Crippen LogP contribution in [0.1, 0.15) is 36.7 Å².